The van der Waals surface area contributed by atoms with Crippen LogP contribution in [-0.4, -0.2) is 11.4 Å². The minimum atomic E-state index is -0.202. The lowest BCUT2D eigenvalue weighted by atomic mass is 9.80. The molecule has 1 amide bonds. The van der Waals surface area contributed by atoms with Crippen LogP contribution in [0, 0.1) is 11.8 Å². The Morgan fingerprint density at radius 1 is 1.24 bits per heavy atom. The van der Waals surface area contributed by atoms with Gasteiger partial charge in [-0.05, 0) is 31.9 Å². The lowest BCUT2D eigenvalue weighted by Gasteiger charge is -2.36. The highest BCUT2D eigenvalue weighted by Gasteiger charge is 2.48. The van der Waals surface area contributed by atoms with Crippen LogP contribution in [0.3, 0.4) is 0 Å². The number of para-hydroxylation sites is 1. The molecule has 1 unspecified atom stereocenters. The Balaban J connectivity index is 2.36. The SMILES string of the molecule is CC(C)C1C(=O)NN(c2ccccc2)C1(C)C. The van der Waals surface area contributed by atoms with Crippen LogP contribution in [0.5, 0.6) is 0 Å². The van der Waals surface area contributed by atoms with Crippen molar-refractivity contribution < 1.29 is 4.79 Å². The van der Waals surface area contributed by atoms with Gasteiger partial charge in [-0.25, -0.2) is 0 Å². The van der Waals surface area contributed by atoms with Gasteiger partial charge >= 0.3 is 0 Å². The molecule has 2 rings (SSSR count). The van der Waals surface area contributed by atoms with Gasteiger partial charge in [0.05, 0.1) is 17.1 Å². The quantitative estimate of drug-likeness (QED) is 0.850. The standard InChI is InChI=1S/C14H20N2O/c1-10(2)12-13(17)15-16(14(12,3)4)11-8-6-5-7-9-11/h5-10,12H,1-4H3,(H,15,17). The summed E-state index contributed by atoms with van der Waals surface area (Å²) < 4.78 is 0. The van der Waals surface area contributed by atoms with E-state index in [1.165, 1.54) is 0 Å². The van der Waals surface area contributed by atoms with Gasteiger partial charge in [0.2, 0.25) is 5.91 Å². The number of hydrogen-bond acceptors (Lipinski definition) is 2. The van der Waals surface area contributed by atoms with Crippen LogP contribution >= 0.6 is 0 Å². The van der Waals surface area contributed by atoms with Gasteiger partial charge in [-0.2, -0.15) is 0 Å². The average molecular weight is 232 g/mol. The third kappa shape index (κ3) is 1.90. The van der Waals surface area contributed by atoms with E-state index in [2.05, 4.69) is 33.1 Å². The number of rotatable bonds is 2. The first-order valence-electron chi connectivity index (χ1n) is 6.10. The van der Waals surface area contributed by atoms with E-state index in [9.17, 15) is 4.79 Å². The molecule has 1 aromatic carbocycles. The zero-order chi connectivity index (χ0) is 12.6. The first-order valence-corrected chi connectivity index (χ1v) is 6.10. The fourth-order valence-electron chi connectivity index (χ4n) is 2.88. The summed E-state index contributed by atoms with van der Waals surface area (Å²) in [5.41, 5.74) is 3.82. The molecule has 17 heavy (non-hydrogen) atoms. The lowest BCUT2D eigenvalue weighted by molar-refractivity contribution is -0.124. The molecular formula is C14H20N2O. The van der Waals surface area contributed by atoms with E-state index >= 15 is 0 Å². The molecule has 0 saturated carbocycles. The maximum atomic E-state index is 12.1. The predicted molar refractivity (Wildman–Crippen MR) is 69.5 cm³/mol. The molecule has 0 bridgehead atoms. The van der Waals surface area contributed by atoms with E-state index in [1.807, 2.05) is 35.3 Å². The Morgan fingerprint density at radius 2 is 1.82 bits per heavy atom. The molecule has 0 aromatic heterocycles. The first-order chi connectivity index (χ1) is 7.94. The molecule has 1 atom stereocenters. The van der Waals surface area contributed by atoms with Crippen molar-refractivity contribution in [2.24, 2.45) is 11.8 Å². The second-order valence-corrected chi connectivity index (χ2v) is 5.52. The third-order valence-corrected chi connectivity index (χ3v) is 3.52. The van der Waals surface area contributed by atoms with Gasteiger partial charge in [0, 0.05) is 0 Å². The van der Waals surface area contributed by atoms with Crippen molar-refractivity contribution in [3.05, 3.63) is 30.3 Å². The summed E-state index contributed by atoms with van der Waals surface area (Å²) in [6, 6.07) is 9.99. The van der Waals surface area contributed by atoms with Gasteiger partial charge in [-0.15, -0.1) is 0 Å². The predicted octanol–water partition coefficient (Wildman–Crippen LogP) is 2.59. The second kappa shape index (κ2) is 4.06. The zero-order valence-electron chi connectivity index (χ0n) is 10.9. The van der Waals surface area contributed by atoms with E-state index in [0.717, 1.165) is 5.69 Å². The fraction of sp³-hybridized carbons (Fsp3) is 0.500. The van der Waals surface area contributed by atoms with Crippen molar-refractivity contribution >= 4 is 11.6 Å². The zero-order valence-corrected chi connectivity index (χ0v) is 10.9. The molecular weight excluding hydrogens is 212 g/mol. The van der Waals surface area contributed by atoms with Crippen LogP contribution in [0.25, 0.3) is 0 Å². The Labute approximate surface area is 103 Å². The second-order valence-electron chi connectivity index (χ2n) is 5.52. The largest absolute Gasteiger partial charge is 0.279 e. The summed E-state index contributed by atoms with van der Waals surface area (Å²) in [7, 11) is 0. The number of carbonyl (C=O) groups is 1. The van der Waals surface area contributed by atoms with Crippen molar-refractivity contribution in [1.82, 2.24) is 5.43 Å². The van der Waals surface area contributed by atoms with Crippen LogP contribution < -0.4 is 10.4 Å². The van der Waals surface area contributed by atoms with E-state index in [1.54, 1.807) is 0 Å². The molecule has 3 nitrogen and oxygen atoms in total. The van der Waals surface area contributed by atoms with Gasteiger partial charge in [0.1, 0.15) is 0 Å². The van der Waals surface area contributed by atoms with Gasteiger partial charge in [0.25, 0.3) is 0 Å². The lowest BCUT2D eigenvalue weighted by Crippen LogP contribution is -2.47. The number of anilines is 1. The number of hydrogen-bond donors (Lipinski definition) is 1. The van der Waals surface area contributed by atoms with Gasteiger partial charge in [0.15, 0.2) is 0 Å². The van der Waals surface area contributed by atoms with E-state index in [4.69, 9.17) is 0 Å². The molecule has 1 fully saturated rings. The smallest absolute Gasteiger partial charge is 0.244 e. The average Bonchev–Trinajstić information content (AvgIpc) is 2.49. The van der Waals surface area contributed by atoms with Crippen molar-refractivity contribution in [2.45, 2.75) is 33.2 Å². The molecule has 1 aromatic rings. The maximum absolute atomic E-state index is 12.1. The fourth-order valence-corrected chi connectivity index (χ4v) is 2.88. The van der Waals surface area contributed by atoms with Crippen molar-refractivity contribution in [3.8, 4) is 0 Å². The van der Waals surface area contributed by atoms with E-state index in [0.29, 0.717) is 5.92 Å². The summed E-state index contributed by atoms with van der Waals surface area (Å²) in [5, 5.41) is 1.99. The molecule has 92 valence electrons. The molecule has 0 aliphatic carbocycles. The van der Waals surface area contributed by atoms with Crippen molar-refractivity contribution in [3.63, 3.8) is 0 Å². The minimum Gasteiger partial charge on any atom is -0.279 e. The Bertz CT molecular complexity index is 411. The number of benzene rings is 1. The first kappa shape index (κ1) is 12.0. The number of amides is 1. The minimum absolute atomic E-state index is 0.0164. The Morgan fingerprint density at radius 3 is 2.29 bits per heavy atom. The molecule has 0 radical (unpaired) electrons. The van der Waals surface area contributed by atoms with Gasteiger partial charge in [-0.3, -0.25) is 15.2 Å². The van der Waals surface area contributed by atoms with Crippen molar-refractivity contribution in [2.75, 3.05) is 5.01 Å². The number of carbonyl (C=O) groups excluding carboxylic acids is 1. The number of hydrazine groups is 1. The Kier molecular flexibility index (Phi) is 2.86. The van der Waals surface area contributed by atoms with Gasteiger partial charge in [-0.1, -0.05) is 32.0 Å². The van der Waals surface area contributed by atoms with Crippen LogP contribution in [0.4, 0.5) is 5.69 Å². The van der Waals surface area contributed by atoms with Crippen LogP contribution in [0.1, 0.15) is 27.7 Å². The van der Waals surface area contributed by atoms with Crippen LogP contribution in [-0.2, 0) is 4.79 Å². The summed E-state index contributed by atoms with van der Waals surface area (Å²) in [4.78, 5) is 12.1. The molecule has 1 saturated heterocycles. The topological polar surface area (TPSA) is 32.3 Å². The normalized spacial score (nSPS) is 23.0. The summed E-state index contributed by atoms with van der Waals surface area (Å²) in [5.74, 6) is 0.468. The summed E-state index contributed by atoms with van der Waals surface area (Å²) >= 11 is 0. The molecule has 1 heterocycles. The van der Waals surface area contributed by atoms with Crippen LogP contribution in [0.15, 0.2) is 30.3 Å². The highest BCUT2D eigenvalue weighted by atomic mass is 16.2. The molecule has 1 aliphatic heterocycles. The number of nitrogens with one attached hydrogen (secondary N) is 1. The summed E-state index contributed by atoms with van der Waals surface area (Å²) in [6.07, 6.45) is 0. The Hall–Kier alpha value is -1.51. The highest BCUT2D eigenvalue weighted by Crippen LogP contribution is 2.37. The summed E-state index contributed by atoms with van der Waals surface area (Å²) in [6.45, 7) is 8.42. The maximum Gasteiger partial charge on any atom is 0.244 e. The number of nitrogens with zero attached hydrogens (tertiary/aromatic N) is 1. The highest BCUT2D eigenvalue weighted by molar-refractivity contribution is 5.86. The third-order valence-electron chi connectivity index (χ3n) is 3.52. The molecule has 3 heteroatoms. The molecule has 0 spiro atoms. The van der Waals surface area contributed by atoms with Crippen LogP contribution in [0.2, 0.25) is 0 Å². The molecule has 1 N–H and O–H groups in total. The monoisotopic (exact) mass is 232 g/mol. The van der Waals surface area contributed by atoms with E-state index in [-0.39, 0.29) is 17.4 Å². The van der Waals surface area contributed by atoms with E-state index < -0.39 is 0 Å². The van der Waals surface area contributed by atoms with Gasteiger partial charge < -0.3 is 0 Å². The van der Waals surface area contributed by atoms with Crippen molar-refractivity contribution in [1.29, 1.82) is 0 Å². The molecule has 1 aliphatic rings.